The van der Waals surface area contributed by atoms with Crippen LogP contribution in [0.15, 0.2) is 69.7 Å². The van der Waals surface area contributed by atoms with Crippen molar-refractivity contribution >= 4 is 34.4 Å². The van der Waals surface area contributed by atoms with Gasteiger partial charge in [-0.05, 0) is 49.7 Å². The summed E-state index contributed by atoms with van der Waals surface area (Å²) >= 11 is 0. The normalized spacial score (nSPS) is 10.6. The van der Waals surface area contributed by atoms with Crippen LogP contribution >= 0.6 is 0 Å². The molecule has 0 aliphatic rings. The highest BCUT2D eigenvalue weighted by Crippen LogP contribution is 2.24. The van der Waals surface area contributed by atoms with Gasteiger partial charge in [-0.3, -0.25) is 25.2 Å². The molecule has 8 heteroatoms. The quantitative estimate of drug-likeness (QED) is 0.435. The van der Waals surface area contributed by atoms with Crippen LogP contribution < -0.4 is 16.2 Å². The van der Waals surface area contributed by atoms with Crippen LogP contribution in [0.2, 0.25) is 0 Å². The second kappa shape index (κ2) is 8.19. The van der Waals surface area contributed by atoms with E-state index >= 15 is 0 Å². The first-order chi connectivity index (χ1) is 14.9. The topological polar surface area (TPSA) is 114 Å². The molecule has 2 aromatic carbocycles. The van der Waals surface area contributed by atoms with E-state index in [0.29, 0.717) is 16.8 Å². The van der Waals surface area contributed by atoms with E-state index in [1.54, 1.807) is 38.1 Å². The number of nitrogens with one attached hydrogen (secondary N) is 3. The highest BCUT2D eigenvalue weighted by molar-refractivity contribution is 6.04. The summed E-state index contributed by atoms with van der Waals surface area (Å²) in [7, 11) is 0. The average Bonchev–Trinajstić information content (AvgIpc) is 3.42. The van der Waals surface area contributed by atoms with Crippen molar-refractivity contribution < 1.29 is 23.2 Å². The monoisotopic (exact) mass is 417 g/mol. The Hall–Kier alpha value is -4.33. The number of hydrazine groups is 1. The summed E-state index contributed by atoms with van der Waals surface area (Å²) in [6.45, 7) is 3.57. The number of carbonyl (C=O) groups is 3. The van der Waals surface area contributed by atoms with E-state index in [9.17, 15) is 14.4 Å². The number of anilines is 1. The van der Waals surface area contributed by atoms with Gasteiger partial charge in [-0.15, -0.1) is 0 Å². The predicted octanol–water partition coefficient (Wildman–Crippen LogP) is 3.97. The molecule has 0 atom stereocenters. The fourth-order valence-corrected chi connectivity index (χ4v) is 3.12. The molecule has 31 heavy (non-hydrogen) atoms. The van der Waals surface area contributed by atoms with E-state index in [1.165, 1.54) is 18.4 Å². The summed E-state index contributed by atoms with van der Waals surface area (Å²) in [5.74, 6) is -1.27. The summed E-state index contributed by atoms with van der Waals surface area (Å²) in [6.07, 6.45) is 1.40. The number of fused-ring (bicyclic) bond motifs is 1. The second-order valence-corrected chi connectivity index (χ2v) is 6.92. The molecule has 0 unspecified atom stereocenters. The standard InChI is InChI=1S/C23H19N3O5/c1-13-9-10-15(12-17(13)24-22(28)19-8-5-11-30-19)21(27)25-26-23(29)20-14(2)16-6-3-4-7-18(16)31-20/h3-12H,1-2H3,(H,24,28)(H,25,27)(H,26,29). The summed E-state index contributed by atoms with van der Waals surface area (Å²) in [4.78, 5) is 37.2. The van der Waals surface area contributed by atoms with Crippen LogP contribution in [0.25, 0.3) is 11.0 Å². The molecule has 156 valence electrons. The van der Waals surface area contributed by atoms with Gasteiger partial charge in [0.25, 0.3) is 11.8 Å². The number of hydrogen-bond donors (Lipinski definition) is 3. The van der Waals surface area contributed by atoms with Crippen LogP contribution in [0.4, 0.5) is 5.69 Å². The van der Waals surface area contributed by atoms with E-state index in [-0.39, 0.29) is 17.1 Å². The lowest BCUT2D eigenvalue weighted by Crippen LogP contribution is -2.41. The predicted molar refractivity (Wildman–Crippen MR) is 114 cm³/mol. The molecule has 0 aliphatic heterocycles. The van der Waals surface area contributed by atoms with Gasteiger partial charge < -0.3 is 14.2 Å². The number of rotatable bonds is 4. The molecular formula is C23H19N3O5. The molecule has 3 amide bonds. The zero-order valence-corrected chi connectivity index (χ0v) is 16.8. The fraction of sp³-hybridized carbons (Fsp3) is 0.0870. The van der Waals surface area contributed by atoms with Crippen molar-refractivity contribution in [3.63, 3.8) is 0 Å². The molecule has 3 N–H and O–H groups in total. The maximum Gasteiger partial charge on any atom is 0.305 e. The molecule has 0 radical (unpaired) electrons. The van der Waals surface area contributed by atoms with Crippen molar-refractivity contribution in [1.29, 1.82) is 0 Å². The van der Waals surface area contributed by atoms with Crippen molar-refractivity contribution in [2.45, 2.75) is 13.8 Å². The molecule has 0 spiro atoms. The molecule has 0 saturated carbocycles. The van der Waals surface area contributed by atoms with Crippen LogP contribution in [0.5, 0.6) is 0 Å². The Labute approximate surface area is 177 Å². The summed E-state index contributed by atoms with van der Waals surface area (Å²) in [6, 6.07) is 15.2. The number of benzene rings is 2. The fourth-order valence-electron chi connectivity index (χ4n) is 3.12. The summed E-state index contributed by atoms with van der Waals surface area (Å²) in [5, 5.41) is 3.53. The zero-order chi connectivity index (χ0) is 22.0. The lowest BCUT2D eigenvalue weighted by atomic mass is 10.1. The van der Waals surface area contributed by atoms with Crippen molar-refractivity contribution in [2.75, 3.05) is 5.32 Å². The first-order valence-corrected chi connectivity index (χ1v) is 9.48. The average molecular weight is 417 g/mol. The first kappa shape index (κ1) is 20.0. The lowest BCUT2D eigenvalue weighted by molar-refractivity contribution is 0.0831. The smallest absolute Gasteiger partial charge is 0.305 e. The van der Waals surface area contributed by atoms with Gasteiger partial charge in [0.1, 0.15) is 5.58 Å². The van der Waals surface area contributed by atoms with E-state index in [2.05, 4.69) is 16.2 Å². The maximum absolute atomic E-state index is 12.5. The first-order valence-electron chi connectivity index (χ1n) is 9.48. The molecule has 4 aromatic rings. The Kier molecular flexibility index (Phi) is 5.28. The summed E-state index contributed by atoms with van der Waals surface area (Å²) < 4.78 is 10.7. The Morgan fingerprint density at radius 2 is 1.61 bits per heavy atom. The molecule has 0 saturated heterocycles. The SMILES string of the molecule is Cc1ccc(C(=O)NNC(=O)c2oc3ccccc3c2C)cc1NC(=O)c1ccco1. The van der Waals surface area contributed by atoms with Crippen LogP contribution in [0, 0.1) is 13.8 Å². The largest absolute Gasteiger partial charge is 0.459 e. The third-order valence-corrected chi connectivity index (χ3v) is 4.83. The van der Waals surface area contributed by atoms with Crippen molar-refractivity contribution in [1.82, 2.24) is 10.9 Å². The van der Waals surface area contributed by atoms with E-state index in [1.807, 2.05) is 18.2 Å². The number of furan rings is 2. The minimum absolute atomic E-state index is 0.122. The number of hydrogen-bond acceptors (Lipinski definition) is 5. The van der Waals surface area contributed by atoms with Crippen LogP contribution in [-0.4, -0.2) is 17.7 Å². The lowest BCUT2D eigenvalue weighted by Gasteiger charge is -2.11. The number of aryl methyl sites for hydroxylation is 2. The Morgan fingerprint density at radius 3 is 2.35 bits per heavy atom. The van der Waals surface area contributed by atoms with Crippen LogP contribution in [0.1, 0.15) is 42.6 Å². The Bertz CT molecular complexity index is 1290. The van der Waals surface area contributed by atoms with Gasteiger partial charge >= 0.3 is 5.91 Å². The van der Waals surface area contributed by atoms with Gasteiger partial charge in [0.2, 0.25) is 0 Å². The Balaban J connectivity index is 1.45. The van der Waals surface area contributed by atoms with Gasteiger partial charge in [-0.25, -0.2) is 0 Å². The van der Waals surface area contributed by atoms with Gasteiger partial charge in [-0.1, -0.05) is 24.3 Å². The van der Waals surface area contributed by atoms with Crippen LogP contribution in [0.3, 0.4) is 0 Å². The molecule has 0 aliphatic carbocycles. The van der Waals surface area contributed by atoms with E-state index in [0.717, 1.165) is 10.9 Å². The molecule has 4 rings (SSSR count). The molecule has 2 heterocycles. The highest BCUT2D eigenvalue weighted by atomic mass is 16.3. The molecule has 0 bridgehead atoms. The maximum atomic E-state index is 12.5. The molecular weight excluding hydrogens is 398 g/mol. The number of para-hydroxylation sites is 1. The van der Waals surface area contributed by atoms with Crippen molar-refractivity contribution in [2.24, 2.45) is 0 Å². The zero-order valence-electron chi connectivity index (χ0n) is 16.8. The van der Waals surface area contributed by atoms with Gasteiger partial charge in [0.05, 0.1) is 6.26 Å². The van der Waals surface area contributed by atoms with Crippen LogP contribution in [-0.2, 0) is 0 Å². The third kappa shape index (κ3) is 4.04. The highest BCUT2D eigenvalue weighted by Gasteiger charge is 2.19. The van der Waals surface area contributed by atoms with Crippen molar-refractivity contribution in [3.05, 3.63) is 89.1 Å². The Morgan fingerprint density at radius 1 is 0.839 bits per heavy atom. The van der Waals surface area contributed by atoms with Crippen molar-refractivity contribution in [3.8, 4) is 0 Å². The van der Waals surface area contributed by atoms with Gasteiger partial charge in [0.15, 0.2) is 11.5 Å². The third-order valence-electron chi connectivity index (χ3n) is 4.83. The van der Waals surface area contributed by atoms with Gasteiger partial charge in [-0.2, -0.15) is 0 Å². The van der Waals surface area contributed by atoms with E-state index in [4.69, 9.17) is 8.83 Å². The molecule has 0 fully saturated rings. The van der Waals surface area contributed by atoms with E-state index < -0.39 is 17.7 Å². The minimum Gasteiger partial charge on any atom is -0.459 e. The summed E-state index contributed by atoms with van der Waals surface area (Å²) in [5.41, 5.74) is 7.47. The number of amides is 3. The number of carbonyl (C=O) groups excluding carboxylic acids is 3. The molecule has 8 nitrogen and oxygen atoms in total. The second-order valence-electron chi connectivity index (χ2n) is 6.92. The molecule has 2 aromatic heterocycles. The van der Waals surface area contributed by atoms with Gasteiger partial charge in [0, 0.05) is 22.2 Å². The minimum atomic E-state index is -0.569.